The van der Waals surface area contributed by atoms with E-state index < -0.39 is 0 Å². The van der Waals surface area contributed by atoms with Gasteiger partial charge in [0.05, 0.1) is 5.52 Å². The van der Waals surface area contributed by atoms with Crippen LogP contribution in [-0.4, -0.2) is 31.2 Å². The largest absolute Gasteiger partial charge is 0.354 e. The van der Waals surface area contributed by atoms with Crippen LogP contribution >= 0.6 is 24.0 Å². The second kappa shape index (κ2) is 5.95. The maximum atomic E-state index is 6.03. The zero-order valence-corrected chi connectivity index (χ0v) is 12.4. The van der Waals surface area contributed by atoms with Crippen molar-refractivity contribution >= 4 is 40.7 Å². The number of aryl methyl sites for hydroxylation is 1. The third-order valence-corrected chi connectivity index (χ3v) is 3.60. The molecule has 3 nitrogen and oxygen atoms in total. The minimum absolute atomic E-state index is 0. The molecule has 1 aliphatic heterocycles. The van der Waals surface area contributed by atoms with Gasteiger partial charge in [-0.25, -0.2) is 4.98 Å². The second-order valence-corrected chi connectivity index (χ2v) is 5.14. The number of hydrogen-bond donors (Lipinski definition) is 1. The van der Waals surface area contributed by atoms with E-state index in [2.05, 4.69) is 23.2 Å². The summed E-state index contributed by atoms with van der Waals surface area (Å²) >= 11 is 6.03. The lowest BCUT2D eigenvalue weighted by Crippen LogP contribution is -2.44. The van der Waals surface area contributed by atoms with E-state index in [1.165, 1.54) is 5.56 Å². The van der Waals surface area contributed by atoms with Gasteiger partial charge in [-0.15, -0.1) is 12.4 Å². The van der Waals surface area contributed by atoms with Crippen LogP contribution in [0.5, 0.6) is 0 Å². The van der Waals surface area contributed by atoms with E-state index >= 15 is 0 Å². The van der Waals surface area contributed by atoms with Crippen LogP contribution in [0.2, 0.25) is 5.02 Å². The van der Waals surface area contributed by atoms with Gasteiger partial charge in [0.25, 0.3) is 0 Å². The molecule has 0 atom stereocenters. The zero-order valence-electron chi connectivity index (χ0n) is 10.8. The van der Waals surface area contributed by atoms with Crippen LogP contribution in [0, 0.1) is 6.92 Å². The molecule has 1 aliphatic rings. The molecule has 1 aromatic carbocycles. The van der Waals surface area contributed by atoms with E-state index in [0.717, 1.165) is 47.9 Å². The Kier molecular flexibility index (Phi) is 4.50. The average molecular weight is 298 g/mol. The fourth-order valence-electron chi connectivity index (χ4n) is 2.43. The third kappa shape index (κ3) is 2.94. The Hall–Kier alpha value is -1.03. The Balaban J connectivity index is 0.00000133. The zero-order chi connectivity index (χ0) is 12.5. The fourth-order valence-corrected chi connectivity index (χ4v) is 2.60. The van der Waals surface area contributed by atoms with Gasteiger partial charge < -0.3 is 10.2 Å². The van der Waals surface area contributed by atoms with E-state index in [4.69, 9.17) is 16.6 Å². The smallest absolute Gasteiger partial charge is 0.132 e. The molecule has 0 bridgehead atoms. The summed E-state index contributed by atoms with van der Waals surface area (Å²) in [5.41, 5.74) is 2.20. The summed E-state index contributed by atoms with van der Waals surface area (Å²) in [6.45, 7) is 6.20. The van der Waals surface area contributed by atoms with Gasteiger partial charge in [-0.3, -0.25) is 0 Å². The molecule has 2 heterocycles. The molecule has 2 aromatic rings. The van der Waals surface area contributed by atoms with Crippen molar-refractivity contribution in [3.63, 3.8) is 0 Å². The van der Waals surface area contributed by atoms with Crippen LogP contribution in [0.15, 0.2) is 24.3 Å². The molecule has 3 rings (SSSR count). The topological polar surface area (TPSA) is 28.2 Å². The van der Waals surface area contributed by atoms with Gasteiger partial charge in [0.15, 0.2) is 0 Å². The van der Waals surface area contributed by atoms with E-state index in [1.54, 1.807) is 0 Å². The van der Waals surface area contributed by atoms with Crippen LogP contribution in [0.3, 0.4) is 0 Å². The van der Waals surface area contributed by atoms with Gasteiger partial charge >= 0.3 is 0 Å². The molecular formula is C14H17Cl2N3. The highest BCUT2D eigenvalue weighted by Gasteiger charge is 2.14. The van der Waals surface area contributed by atoms with Gasteiger partial charge in [-0.2, -0.15) is 0 Å². The number of pyridine rings is 1. The van der Waals surface area contributed by atoms with Crippen molar-refractivity contribution in [1.29, 1.82) is 0 Å². The van der Waals surface area contributed by atoms with Crippen LogP contribution in [0.1, 0.15) is 5.56 Å². The molecular weight excluding hydrogens is 281 g/mol. The summed E-state index contributed by atoms with van der Waals surface area (Å²) in [6.07, 6.45) is 0. The molecule has 1 aromatic heterocycles. The number of aromatic nitrogens is 1. The Morgan fingerprint density at radius 1 is 1.21 bits per heavy atom. The number of benzene rings is 1. The fraction of sp³-hybridized carbons (Fsp3) is 0.357. The second-order valence-electron chi connectivity index (χ2n) is 4.70. The number of rotatable bonds is 1. The SMILES string of the molecule is Cc1cc2ccc(Cl)cc2nc1N1CCNCC1.Cl. The highest BCUT2D eigenvalue weighted by atomic mass is 35.5. The predicted octanol–water partition coefficient (Wildman–Crippen LogP) is 3.03. The first-order valence-electron chi connectivity index (χ1n) is 6.26. The van der Waals surface area contributed by atoms with Gasteiger partial charge in [0.1, 0.15) is 5.82 Å². The molecule has 19 heavy (non-hydrogen) atoms. The molecule has 1 N–H and O–H groups in total. The van der Waals surface area contributed by atoms with Crippen molar-refractivity contribution in [3.8, 4) is 0 Å². The summed E-state index contributed by atoms with van der Waals surface area (Å²) in [6, 6.07) is 8.06. The van der Waals surface area contributed by atoms with Crippen molar-refractivity contribution in [2.24, 2.45) is 0 Å². The van der Waals surface area contributed by atoms with Gasteiger partial charge in [0.2, 0.25) is 0 Å². The number of halogens is 2. The molecule has 102 valence electrons. The molecule has 0 amide bonds. The number of anilines is 1. The Bertz CT molecular complexity index is 580. The minimum Gasteiger partial charge on any atom is -0.354 e. The molecule has 0 aliphatic carbocycles. The molecule has 0 spiro atoms. The minimum atomic E-state index is 0. The summed E-state index contributed by atoms with van der Waals surface area (Å²) < 4.78 is 0. The number of nitrogens with one attached hydrogen (secondary N) is 1. The maximum Gasteiger partial charge on any atom is 0.132 e. The maximum absolute atomic E-state index is 6.03. The lowest BCUT2D eigenvalue weighted by Gasteiger charge is -2.29. The highest BCUT2D eigenvalue weighted by molar-refractivity contribution is 6.31. The lowest BCUT2D eigenvalue weighted by atomic mass is 10.1. The number of fused-ring (bicyclic) bond motifs is 1. The van der Waals surface area contributed by atoms with Crippen molar-refractivity contribution in [3.05, 3.63) is 34.9 Å². The van der Waals surface area contributed by atoms with Gasteiger partial charge in [0, 0.05) is 36.6 Å². The van der Waals surface area contributed by atoms with Gasteiger partial charge in [-0.05, 0) is 30.7 Å². The summed E-state index contributed by atoms with van der Waals surface area (Å²) in [5, 5.41) is 5.25. The predicted molar refractivity (Wildman–Crippen MR) is 83.8 cm³/mol. The molecule has 1 fully saturated rings. The Morgan fingerprint density at radius 3 is 2.68 bits per heavy atom. The summed E-state index contributed by atoms with van der Waals surface area (Å²) in [5.74, 6) is 1.09. The molecule has 0 radical (unpaired) electrons. The van der Waals surface area contributed by atoms with Crippen LogP contribution < -0.4 is 10.2 Å². The Morgan fingerprint density at radius 2 is 1.95 bits per heavy atom. The van der Waals surface area contributed by atoms with E-state index in [0.29, 0.717) is 0 Å². The first kappa shape index (κ1) is 14.4. The molecule has 5 heteroatoms. The average Bonchev–Trinajstić information content (AvgIpc) is 2.39. The number of hydrogen-bond acceptors (Lipinski definition) is 3. The molecule has 1 saturated heterocycles. The monoisotopic (exact) mass is 297 g/mol. The van der Waals surface area contributed by atoms with Crippen molar-refractivity contribution < 1.29 is 0 Å². The van der Waals surface area contributed by atoms with Crippen LogP contribution in [0.4, 0.5) is 5.82 Å². The highest BCUT2D eigenvalue weighted by Crippen LogP contribution is 2.25. The van der Waals surface area contributed by atoms with Crippen molar-refractivity contribution in [1.82, 2.24) is 10.3 Å². The van der Waals surface area contributed by atoms with Crippen molar-refractivity contribution in [2.45, 2.75) is 6.92 Å². The van der Waals surface area contributed by atoms with Crippen LogP contribution in [0.25, 0.3) is 10.9 Å². The van der Waals surface area contributed by atoms with Crippen molar-refractivity contribution in [2.75, 3.05) is 31.1 Å². The van der Waals surface area contributed by atoms with E-state index in [9.17, 15) is 0 Å². The quantitative estimate of drug-likeness (QED) is 0.877. The van der Waals surface area contributed by atoms with E-state index in [-0.39, 0.29) is 12.4 Å². The number of nitrogens with zero attached hydrogens (tertiary/aromatic N) is 2. The third-order valence-electron chi connectivity index (χ3n) is 3.36. The Labute approximate surface area is 124 Å². The standard InChI is InChI=1S/C14H16ClN3.ClH/c1-10-8-11-2-3-12(15)9-13(11)17-14(10)18-6-4-16-5-7-18;/h2-3,8-9,16H,4-7H2,1H3;1H. The lowest BCUT2D eigenvalue weighted by molar-refractivity contribution is 0.584. The van der Waals surface area contributed by atoms with E-state index in [1.807, 2.05) is 18.2 Å². The normalized spacial score (nSPS) is 15.4. The van der Waals surface area contributed by atoms with Crippen LogP contribution in [-0.2, 0) is 0 Å². The summed E-state index contributed by atoms with van der Waals surface area (Å²) in [4.78, 5) is 7.11. The first-order chi connectivity index (χ1) is 8.74. The first-order valence-corrected chi connectivity index (χ1v) is 6.64. The molecule has 0 saturated carbocycles. The summed E-state index contributed by atoms with van der Waals surface area (Å²) in [7, 11) is 0. The number of piperazine rings is 1. The molecule has 0 unspecified atom stereocenters. The van der Waals surface area contributed by atoms with Gasteiger partial charge in [-0.1, -0.05) is 17.7 Å².